The van der Waals surface area contributed by atoms with E-state index < -0.39 is 8.07 Å². The van der Waals surface area contributed by atoms with Crippen LogP contribution in [-0.2, 0) is 0 Å². The maximum Gasteiger partial charge on any atom is 0.0737 e. The minimum atomic E-state index is -1.28. The zero-order valence-electron chi connectivity index (χ0n) is 10.3. The fourth-order valence-electron chi connectivity index (χ4n) is 2.36. The van der Waals surface area contributed by atoms with Gasteiger partial charge in [0.05, 0.1) is 20.1 Å². The SMILES string of the molecule is C[Si](C)(C)/C1=C/CCCCCCC1C#N. The lowest BCUT2D eigenvalue weighted by Gasteiger charge is -2.25. The Morgan fingerprint density at radius 1 is 1.20 bits per heavy atom. The average molecular weight is 221 g/mol. The largest absolute Gasteiger partial charge is 0.198 e. The van der Waals surface area contributed by atoms with Crippen molar-refractivity contribution in [2.75, 3.05) is 0 Å². The molecule has 1 unspecified atom stereocenters. The van der Waals surface area contributed by atoms with E-state index in [0.29, 0.717) is 0 Å². The molecule has 1 aliphatic carbocycles. The predicted octanol–water partition coefficient (Wildman–Crippen LogP) is 4.28. The molecule has 0 spiro atoms. The van der Waals surface area contributed by atoms with E-state index in [9.17, 15) is 5.26 Å². The summed E-state index contributed by atoms with van der Waals surface area (Å²) < 4.78 is 0. The number of hydrogen-bond donors (Lipinski definition) is 0. The zero-order chi connectivity index (χ0) is 11.3. The van der Waals surface area contributed by atoms with Crippen molar-refractivity contribution in [1.82, 2.24) is 0 Å². The molecule has 0 fully saturated rings. The van der Waals surface area contributed by atoms with Crippen LogP contribution in [0.1, 0.15) is 38.5 Å². The normalized spacial score (nSPS) is 27.9. The van der Waals surface area contributed by atoms with E-state index in [-0.39, 0.29) is 5.92 Å². The summed E-state index contributed by atoms with van der Waals surface area (Å²) in [6, 6.07) is 2.52. The van der Waals surface area contributed by atoms with E-state index in [2.05, 4.69) is 31.8 Å². The van der Waals surface area contributed by atoms with Gasteiger partial charge in [-0.1, -0.05) is 50.2 Å². The molecule has 15 heavy (non-hydrogen) atoms. The highest BCUT2D eigenvalue weighted by atomic mass is 28.3. The minimum Gasteiger partial charge on any atom is -0.198 e. The third-order valence-corrected chi connectivity index (χ3v) is 5.49. The summed E-state index contributed by atoms with van der Waals surface area (Å²) in [6.07, 6.45) is 9.88. The highest BCUT2D eigenvalue weighted by Crippen LogP contribution is 2.29. The first-order valence-corrected chi connectivity index (χ1v) is 9.66. The summed E-state index contributed by atoms with van der Waals surface area (Å²) in [4.78, 5) is 0. The summed E-state index contributed by atoms with van der Waals surface area (Å²) in [5.74, 6) is 0.217. The van der Waals surface area contributed by atoms with Crippen molar-refractivity contribution in [1.29, 1.82) is 5.26 Å². The molecule has 1 nitrogen and oxygen atoms in total. The molecule has 0 N–H and O–H groups in total. The van der Waals surface area contributed by atoms with Crippen molar-refractivity contribution in [3.05, 3.63) is 11.3 Å². The van der Waals surface area contributed by atoms with Gasteiger partial charge in [0.2, 0.25) is 0 Å². The Labute approximate surface area is 95.2 Å². The Morgan fingerprint density at radius 3 is 2.47 bits per heavy atom. The Morgan fingerprint density at radius 2 is 1.87 bits per heavy atom. The Balaban J connectivity index is 2.87. The second kappa shape index (κ2) is 5.51. The van der Waals surface area contributed by atoms with E-state index in [1.165, 1.54) is 37.3 Å². The Hall–Kier alpha value is -0.553. The number of rotatable bonds is 1. The first kappa shape index (κ1) is 12.5. The lowest BCUT2D eigenvalue weighted by molar-refractivity contribution is 0.593. The van der Waals surface area contributed by atoms with Crippen molar-refractivity contribution in [2.45, 2.75) is 58.2 Å². The van der Waals surface area contributed by atoms with E-state index in [1.807, 2.05) is 0 Å². The number of nitriles is 1. The number of nitrogens with zero attached hydrogens (tertiary/aromatic N) is 1. The monoisotopic (exact) mass is 221 g/mol. The molecule has 84 valence electrons. The van der Waals surface area contributed by atoms with Gasteiger partial charge < -0.3 is 0 Å². The zero-order valence-corrected chi connectivity index (χ0v) is 11.3. The first-order chi connectivity index (χ1) is 7.05. The highest BCUT2D eigenvalue weighted by Gasteiger charge is 2.26. The van der Waals surface area contributed by atoms with Crippen LogP contribution >= 0.6 is 0 Å². The van der Waals surface area contributed by atoms with Crippen LogP contribution in [0.25, 0.3) is 0 Å². The summed E-state index contributed by atoms with van der Waals surface area (Å²) >= 11 is 0. The third kappa shape index (κ3) is 3.83. The van der Waals surface area contributed by atoms with Gasteiger partial charge >= 0.3 is 0 Å². The van der Waals surface area contributed by atoms with Gasteiger partial charge in [0.25, 0.3) is 0 Å². The molecule has 0 aromatic heterocycles. The van der Waals surface area contributed by atoms with E-state index in [0.717, 1.165) is 6.42 Å². The van der Waals surface area contributed by atoms with Gasteiger partial charge in [0, 0.05) is 0 Å². The summed E-state index contributed by atoms with van der Waals surface area (Å²) in [6.45, 7) is 7.09. The topological polar surface area (TPSA) is 23.8 Å². The highest BCUT2D eigenvalue weighted by molar-refractivity contribution is 6.83. The number of hydrogen-bond acceptors (Lipinski definition) is 1. The Bertz CT molecular complexity index is 267. The molecule has 1 aliphatic rings. The first-order valence-electron chi connectivity index (χ1n) is 6.16. The molecule has 0 radical (unpaired) electrons. The van der Waals surface area contributed by atoms with Gasteiger partial charge in [0.1, 0.15) is 0 Å². The third-order valence-electron chi connectivity index (χ3n) is 3.21. The van der Waals surface area contributed by atoms with Gasteiger partial charge in [-0.3, -0.25) is 0 Å². The maximum absolute atomic E-state index is 9.26. The van der Waals surface area contributed by atoms with Crippen LogP contribution in [0, 0.1) is 17.2 Å². The lowest BCUT2D eigenvalue weighted by Crippen LogP contribution is -2.28. The van der Waals surface area contributed by atoms with Crippen LogP contribution in [0.2, 0.25) is 19.6 Å². The molecule has 0 heterocycles. The minimum absolute atomic E-state index is 0.217. The molecule has 0 aliphatic heterocycles. The molecule has 0 aromatic carbocycles. The van der Waals surface area contributed by atoms with Crippen molar-refractivity contribution in [3.8, 4) is 6.07 Å². The molecular formula is C13H23NSi. The van der Waals surface area contributed by atoms with Crippen LogP contribution in [0.3, 0.4) is 0 Å². The van der Waals surface area contributed by atoms with Crippen LogP contribution < -0.4 is 0 Å². The number of allylic oxidation sites excluding steroid dienone is 2. The average Bonchev–Trinajstić information content (AvgIpc) is 2.26. The van der Waals surface area contributed by atoms with Crippen LogP contribution in [0.5, 0.6) is 0 Å². The van der Waals surface area contributed by atoms with Crippen molar-refractivity contribution < 1.29 is 0 Å². The van der Waals surface area contributed by atoms with E-state index in [4.69, 9.17) is 0 Å². The Kier molecular flexibility index (Phi) is 4.60. The summed E-state index contributed by atoms with van der Waals surface area (Å²) in [7, 11) is -1.28. The molecule has 0 saturated carbocycles. The van der Waals surface area contributed by atoms with Crippen LogP contribution in [0.4, 0.5) is 0 Å². The molecule has 0 aromatic rings. The molecule has 1 atom stereocenters. The van der Waals surface area contributed by atoms with Crippen molar-refractivity contribution in [2.24, 2.45) is 5.92 Å². The molecule has 0 amide bonds. The van der Waals surface area contributed by atoms with Gasteiger partial charge in [-0.05, 0) is 19.3 Å². The molecular weight excluding hydrogens is 198 g/mol. The maximum atomic E-state index is 9.26. The van der Waals surface area contributed by atoms with E-state index in [1.54, 1.807) is 0 Å². The lowest BCUT2D eigenvalue weighted by atomic mass is 10.0. The second-order valence-electron chi connectivity index (χ2n) is 5.58. The molecule has 2 heteroatoms. The fraction of sp³-hybridized carbons (Fsp3) is 0.769. The van der Waals surface area contributed by atoms with Gasteiger partial charge in [-0.15, -0.1) is 0 Å². The van der Waals surface area contributed by atoms with Gasteiger partial charge in [0.15, 0.2) is 0 Å². The van der Waals surface area contributed by atoms with Gasteiger partial charge in [-0.25, -0.2) is 0 Å². The molecule has 0 bridgehead atoms. The molecule has 1 rings (SSSR count). The standard InChI is InChI=1S/C13H23NSi/c1-15(2,3)13-10-8-6-4-5-7-9-12(13)11-14/h10,12H,4-9H2,1-3H3/b13-10+. The summed E-state index contributed by atoms with van der Waals surface area (Å²) in [5, 5.41) is 10.8. The van der Waals surface area contributed by atoms with Crippen molar-refractivity contribution >= 4 is 8.07 Å². The quantitative estimate of drug-likeness (QED) is 0.606. The molecule has 0 saturated heterocycles. The van der Waals surface area contributed by atoms with Crippen LogP contribution in [-0.4, -0.2) is 8.07 Å². The smallest absolute Gasteiger partial charge is 0.0737 e. The van der Waals surface area contributed by atoms with Crippen LogP contribution in [0.15, 0.2) is 11.3 Å². The second-order valence-corrected chi connectivity index (χ2v) is 10.7. The van der Waals surface area contributed by atoms with Gasteiger partial charge in [-0.2, -0.15) is 5.26 Å². The van der Waals surface area contributed by atoms with E-state index >= 15 is 0 Å². The fourth-order valence-corrected chi connectivity index (χ4v) is 4.38. The van der Waals surface area contributed by atoms with Crippen molar-refractivity contribution in [3.63, 3.8) is 0 Å². The predicted molar refractivity (Wildman–Crippen MR) is 68.2 cm³/mol. The summed E-state index contributed by atoms with van der Waals surface area (Å²) in [5.41, 5.74) is 0.